The first-order valence-corrected chi connectivity index (χ1v) is 8.57. The van der Waals surface area contributed by atoms with E-state index in [4.69, 9.17) is 9.47 Å². The van der Waals surface area contributed by atoms with E-state index in [2.05, 4.69) is 25.8 Å². The van der Waals surface area contributed by atoms with Crippen LogP contribution in [0.4, 0.5) is 5.82 Å². The first kappa shape index (κ1) is 15.7. The predicted octanol–water partition coefficient (Wildman–Crippen LogP) is 2.64. The molecule has 0 spiro atoms. The van der Waals surface area contributed by atoms with E-state index in [9.17, 15) is 4.79 Å². The number of piperidine rings is 1. The zero-order chi connectivity index (χ0) is 15.7. The smallest absolute Gasteiger partial charge is 0.314 e. The van der Waals surface area contributed by atoms with Crippen LogP contribution in [0.1, 0.15) is 20.3 Å². The Hall–Kier alpha value is -1.14. The van der Waals surface area contributed by atoms with Crippen LogP contribution in [0.5, 0.6) is 0 Å². The van der Waals surface area contributed by atoms with Crippen LogP contribution in [0.2, 0.25) is 0 Å². The molecule has 1 aromatic heterocycles. The molecular formula is C16H21BrN2O3. The molecule has 2 aliphatic rings. The number of carbonyl (C=O) groups excluding carboxylic acids is 1. The van der Waals surface area contributed by atoms with Crippen LogP contribution >= 0.6 is 15.9 Å². The number of rotatable bonds is 6. The molecule has 0 aromatic carbocycles. The molecule has 0 radical (unpaired) electrons. The van der Waals surface area contributed by atoms with Gasteiger partial charge in [-0.15, -0.1) is 0 Å². The number of pyridine rings is 1. The molecule has 2 fully saturated rings. The zero-order valence-electron chi connectivity index (χ0n) is 12.9. The highest BCUT2D eigenvalue weighted by molar-refractivity contribution is 9.10. The number of halogens is 1. The lowest BCUT2D eigenvalue weighted by Gasteiger charge is -2.32. The molecule has 1 aromatic rings. The van der Waals surface area contributed by atoms with Crippen molar-refractivity contribution in [1.29, 1.82) is 0 Å². The largest absolute Gasteiger partial charge is 0.465 e. The first-order chi connectivity index (χ1) is 10.6. The van der Waals surface area contributed by atoms with E-state index in [0.29, 0.717) is 25.7 Å². The van der Waals surface area contributed by atoms with E-state index in [-0.39, 0.29) is 12.0 Å². The quantitative estimate of drug-likeness (QED) is 0.570. The van der Waals surface area contributed by atoms with Crippen molar-refractivity contribution in [2.45, 2.75) is 26.3 Å². The van der Waals surface area contributed by atoms with Crippen LogP contribution in [-0.4, -0.2) is 43.4 Å². The molecule has 1 aliphatic carbocycles. The van der Waals surface area contributed by atoms with Crippen molar-refractivity contribution in [2.24, 2.45) is 11.3 Å². The van der Waals surface area contributed by atoms with E-state index in [1.54, 1.807) is 0 Å². The fraction of sp³-hybridized carbons (Fsp3) is 0.625. The Kier molecular flexibility index (Phi) is 4.41. The van der Waals surface area contributed by atoms with Crippen LogP contribution in [0.15, 0.2) is 22.8 Å². The number of aromatic nitrogens is 1. The molecule has 0 unspecified atom stereocenters. The van der Waals surface area contributed by atoms with Crippen LogP contribution < -0.4 is 4.90 Å². The summed E-state index contributed by atoms with van der Waals surface area (Å²) in [5, 5.41) is 0. The molecule has 1 saturated carbocycles. The number of ether oxygens (including phenoxy) is 2. The first-order valence-electron chi connectivity index (χ1n) is 7.77. The summed E-state index contributed by atoms with van der Waals surface area (Å²) in [6.07, 6.45) is 0.897. The van der Waals surface area contributed by atoms with Gasteiger partial charge >= 0.3 is 5.97 Å². The van der Waals surface area contributed by atoms with Crippen LogP contribution in [0.3, 0.4) is 0 Å². The number of fused-ring (bicyclic) bond motifs is 1. The highest BCUT2D eigenvalue weighted by atomic mass is 79.9. The molecule has 5 nitrogen and oxygen atoms in total. The maximum absolute atomic E-state index is 12.5. The molecule has 22 heavy (non-hydrogen) atoms. The predicted molar refractivity (Wildman–Crippen MR) is 86.7 cm³/mol. The number of esters is 1. The standard InChI is InChI=1S/C16H21BrN2O3/c1-3-21-10-12-16(15(20)22-4-2)8-11(16)9-19(12)14-7-5-6-13(17)18-14/h5-7,11-12H,3-4,8-10H2,1-2H3/t11-,12-,16+/m0/s1. The fourth-order valence-electron chi connectivity index (χ4n) is 3.56. The SMILES string of the molecule is CCOC[C@@H]1N(c2cccc(Br)n2)C[C@@H]2C[C@@]21C(=O)OCC. The summed E-state index contributed by atoms with van der Waals surface area (Å²) in [4.78, 5) is 19.2. The minimum Gasteiger partial charge on any atom is -0.465 e. The third-order valence-electron chi connectivity index (χ3n) is 4.67. The highest BCUT2D eigenvalue weighted by Gasteiger charge is 2.71. The average Bonchev–Trinajstić information content (AvgIpc) is 3.14. The molecule has 2 heterocycles. The van der Waals surface area contributed by atoms with Crippen molar-refractivity contribution in [2.75, 3.05) is 31.3 Å². The van der Waals surface area contributed by atoms with Gasteiger partial charge in [0.1, 0.15) is 10.4 Å². The number of anilines is 1. The number of carbonyl (C=O) groups is 1. The second-order valence-electron chi connectivity index (χ2n) is 5.81. The Morgan fingerprint density at radius 1 is 1.45 bits per heavy atom. The summed E-state index contributed by atoms with van der Waals surface area (Å²) in [5.74, 6) is 1.15. The van der Waals surface area contributed by atoms with Crippen molar-refractivity contribution in [3.05, 3.63) is 22.8 Å². The molecule has 6 heteroatoms. The van der Waals surface area contributed by atoms with Crippen LogP contribution in [-0.2, 0) is 14.3 Å². The van der Waals surface area contributed by atoms with Crippen LogP contribution in [0, 0.1) is 11.3 Å². The Balaban J connectivity index is 1.87. The Bertz CT molecular complexity index is 568. The lowest BCUT2D eigenvalue weighted by Crippen LogP contribution is -2.44. The second kappa shape index (κ2) is 6.16. The summed E-state index contributed by atoms with van der Waals surface area (Å²) in [7, 11) is 0. The molecule has 1 saturated heterocycles. The van der Waals surface area contributed by atoms with E-state index < -0.39 is 5.41 Å². The summed E-state index contributed by atoms with van der Waals surface area (Å²) in [5.41, 5.74) is -0.408. The monoisotopic (exact) mass is 368 g/mol. The van der Waals surface area contributed by atoms with E-state index >= 15 is 0 Å². The van der Waals surface area contributed by atoms with Crippen molar-refractivity contribution < 1.29 is 14.3 Å². The van der Waals surface area contributed by atoms with Crippen molar-refractivity contribution in [3.63, 3.8) is 0 Å². The van der Waals surface area contributed by atoms with Gasteiger partial charge in [0.25, 0.3) is 0 Å². The van der Waals surface area contributed by atoms with Crippen LogP contribution in [0.25, 0.3) is 0 Å². The fourth-order valence-corrected chi connectivity index (χ4v) is 3.89. The van der Waals surface area contributed by atoms with Gasteiger partial charge in [-0.2, -0.15) is 0 Å². The van der Waals surface area contributed by atoms with Gasteiger partial charge in [0, 0.05) is 13.2 Å². The van der Waals surface area contributed by atoms with Gasteiger partial charge in [-0.3, -0.25) is 4.79 Å². The minimum atomic E-state index is -0.408. The molecule has 0 N–H and O–H groups in total. The van der Waals surface area contributed by atoms with Crippen molar-refractivity contribution in [3.8, 4) is 0 Å². The maximum atomic E-state index is 12.5. The van der Waals surface area contributed by atoms with Gasteiger partial charge in [-0.1, -0.05) is 6.07 Å². The molecular weight excluding hydrogens is 348 g/mol. The van der Waals surface area contributed by atoms with Gasteiger partial charge < -0.3 is 14.4 Å². The van der Waals surface area contributed by atoms with E-state index in [1.165, 1.54) is 0 Å². The van der Waals surface area contributed by atoms with Gasteiger partial charge in [-0.05, 0) is 54.2 Å². The summed E-state index contributed by atoms with van der Waals surface area (Å²) >= 11 is 3.41. The normalized spacial score (nSPS) is 29.3. The number of hydrogen-bond donors (Lipinski definition) is 0. The Morgan fingerprint density at radius 3 is 2.95 bits per heavy atom. The van der Waals surface area contributed by atoms with E-state index in [1.807, 2.05) is 32.0 Å². The minimum absolute atomic E-state index is 0.00157. The van der Waals surface area contributed by atoms with Gasteiger partial charge in [0.15, 0.2) is 0 Å². The number of nitrogens with zero attached hydrogens (tertiary/aromatic N) is 2. The molecule has 120 valence electrons. The average molecular weight is 369 g/mol. The molecule has 1 aliphatic heterocycles. The lowest BCUT2D eigenvalue weighted by atomic mass is 9.96. The Labute approximate surface area is 139 Å². The summed E-state index contributed by atoms with van der Waals surface area (Å²) in [6, 6.07) is 5.84. The summed E-state index contributed by atoms with van der Waals surface area (Å²) < 4.78 is 11.8. The summed E-state index contributed by atoms with van der Waals surface area (Å²) in [6.45, 7) is 6.24. The van der Waals surface area contributed by atoms with Gasteiger partial charge in [0.05, 0.1) is 24.7 Å². The third kappa shape index (κ3) is 2.52. The third-order valence-corrected chi connectivity index (χ3v) is 5.11. The molecule has 0 bridgehead atoms. The lowest BCUT2D eigenvalue weighted by molar-refractivity contribution is -0.151. The van der Waals surface area contributed by atoms with Gasteiger partial charge in [-0.25, -0.2) is 4.98 Å². The maximum Gasteiger partial charge on any atom is 0.314 e. The van der Waals surface area contributed by atoms with Gasteiger partial charge in [0.2, 0.25) is 0 Å². The molecule has 3 rings (SSSR count). The number of hydrogen-bond acceptors (Lipinski definition) is 5. The molecule has 3 atom stereocenters. The highest BCUT2D eigenvalue weighted by Crippen LogP contribution is 2.62. The second-order valence-corrected chi connectivity index (χ2v) is 6.62. The topological polar surface area (TPSA) is 51.7 Å². The van der Waals surface area contributed by atoms with E-state index in [0.717, 1.165) is 23.4 Å². The van der Waals surface area contributed by atoms with Crippen molar-refractivity contribution in [1.82, 2.24) is 4.98 Å². The molecule has 0 amide bonds. The Morgan fingerprint density at radius 2 is 2.27 bits per heavy atom. The van der Waals surface area contributed by atoms with Crippen molar-refractivity contribution >= 4 is 27.7 Å². The zero-order valence-corrected chi connectivity index (χ0v) is 14.5.